The molecule has 1 aromatic rings. The van der Waals surface area contributed by atoms with Crippen LogP contribution in [0.2, 0.25) is 0 Å². The molecule has 3 N–H and O–H groups in total. The SMILES string of the molecule is CNC(C)(CC(C)(C)C)C(=O)NC(Cc1ccc(N=O)c(O)c1)C(=O)OC. The van der Waals surface area contributed by atoms with Crippen molar-refractivity contribution in [2.24, 2.45) is 10.6 Å². The van der Waals surface area contributed by atoms with E-state index in [0.29, 0.717) is 12.0 Å². The smallest absolute Gasteiger partial charge is 0.328 e. The fourth-order valence-corrected chi connectivity index (χ4v) is 3.00. The topological polar surface area (TPSA) is 117 Å². The van der Waals surface area contributed by atoms with Gasteiger partial charge >= 0.3 is 5.97 Å². The molecule has 1 amide bonds. The maximum atomic E-state index is 12.9. The zero-order valence-electron chi connectivity index (χ0n) is 16.8. The van der Waals surface area contributed by atoms with Gasteiger partial charge in [-0.2, -0.15) is 0 Å². The first kappa shape index (κ1) is 22.6. The van der Waals surface area contributed by atoms with E-state index in [2.05, 4.69) is 15.8 Å². The molecule has 8 nitrogen and oxygen atoms in total. The first-order valence-electron chi connectivity index (χ1n) is 8.68. The summed E-state index contributed by atoms with van der Waals surface area (Å²) < 4.78 is 4.80. The Hall–Kier alpha value is -2.48. The Balaban J connectivity index is 3.04. The van der Waals surface area contributed by atoms with Crippen LogP contribution in [0.4, 0.5) is 5.69 Å². The number of carbonyl (C=O) groups excluding carboxylic acids is 2. The molecule has 1 rings (SSSR count). The number of aromatic hydroxyl groups is 1. The molecule has 0 spiro atoms. The third kappa shape index (κ3) is 6.32. The van der Waals surface area contributed by atoms with Gasteiger partial charge in [-0.15, -0.1) is 4.91 Å². The summed E-state index contributed by atoms with van der Waals surface area (Å²) in [5.41, 5.74) is -0.528. The van der Waals surface area contributed by atoms with Crippen molar-refractivity contribution in [2.45, 2.75) is 52.1 Å². The minimum Gasteiger partial charge on any atom is -0.506 e. The maximum absolute atomic E-state index is 12.9. The first-order valence-corrected chi connectivity index (χ1v) is 8.68. The van der Waals surface area contributed by atoms with Gasteiger partial charge < -0.3 is 20.5 Å². The second-order valence-electron chi connectivity index (χ2n) is 7.99. The standard InChI is InChI=1S/C19H29N3O5/c1-18(2,3)11-19(4,20-5)17(25)21-14(16(24)27-6)9-12-7-8-13(22-26)15(23)10-12/h7-8,10,14,20,23H,9,11H2,1-6H3,(H,21,25). The van der Waals surface area contributed by atoms with Crippen LogP contribution < -0.4 is 10.6 Å². The van der Waals surface area contributed by atoms with Crippen molar-refractivity contribution in [3.8, 4) is 5.75 Å². The molecule has 0 heterocycles. The van der Waals surface area contributed by atoms with E-state index in [-0.39, 0.29) is 29.2 Å². The Morgan fingerprint density at radius 2 is 1.89 bits per heavy atom. The highest BCUT2D eigenvalue weighted by molar-refractivity contribution is 5.90. The zero-order chi connectivity index (χ0) is 20.8. The van der Waals surface area contributed by atoms with Gasteiger partial charge in [0, 0.05) is 6.42 Å². The summed E-state index contributed by atoms with van der Waals surface area (Å²) in [5.74, 6) is -1.22. The molecular formula is C19H29N3O5. The van der Waals surface area contributed by atoms with Crippen LogP contribution in [0, 0.1) is 10.3 Å². The number of phenolic OH excluding ortho intramolecular Hbond substituents is 1. The molecule has 0 bridgehead atoms. The van der Waals surface area contributed by atoms with Crippen LogP contribution >= 0.6 is 0 Å². The van der Waals surface area contributed by atoms with Crippen LogP contribution in [0.25, 0.3) is 0 Å². The normalized spacial score (nSPS) is 14.7. The van der Waals surface area contributed by atoms with E-state index in [4.69, 9.17) is 4.74 Å². The highest BCUT2D eigenvalue weighted by Gasteiger charge is 2.37. The van der Waals surface area contributed by atoms with Gasteiger partial charge in [-0.1, -0.05) is 26.8 Å². The number of nitrogens with one attached hydrogen (secondary N) is 2. The molecule has 0 aromatic heterocycles. The summed E-state index contributed by atoms with van der Waals surface area (Å²) >= 11 is 0. The molecule has 0 aliphatic heterocycles. The molecule has 0 saturated carbocycles. The van der Waals surface area contributed by atoms with Crippen LogP contribution in [-0.2, 0) is 20.7 Å². The number of likely N-dealkylation sites (N-methyl/N-ethyl adjacent to an activating group) is 1. The molecule has 1 aromatic carbocycles. The van der Waals surface area contributed by atoms with E-state index in [1.165, 1.54) is 19.2 Å². The number of phenols is 1. The first-order chi connectivity index (χ1) is 12.5. The van der Waals surface area contributed by atoms with Crippen molar-refractivity contribution >= 4 is 17.6 Å². The number of esters is 1. The fourth-order valence-electron chi connectivity index (χ4n) is 3.00. The maximum Gasteiger partial charge on any atom is 0.328 e. The quantitative estimate of drug-likeness (QED) is 0.472. The van der Waals surface area contributed by atoms with Gasteiger partial charge in [0.1, 0.15) is 17.5 Å². The van der Waals surface area contributed by atoms with E-state index in [9.17, 15) is 19.6 Å². The lowest BCUT2D eigenvalue weighted by atomic mass is 9.80. The Morgan fingerprint density at radius 3 is 2.33 bits per heavy atom. The molecule has 0 aliphatic rings. The number of rotatable bonds is 8. The molecule has 27 heavy (non-hydrogen) atoms. The Labute approximate surface area is 159 Å². The van der Waals surface area contributed by atoms with Crippen LogP contribution in [0.15, 0.2) is 23.4 Å². The molecule has 2 unspecified atom stereocenters. The van der Waals surface area contributed by atoms with Crippen molar-refractivity contribution in [1.29, 1.82) is 0 Å². The third-order valence-electron chi connectivity index (χ3n) is 4.31. The number of amides is 1. The number of carbonyl (C=O) groups is 2. The minimum atomic E-state index is -0.940. The van der Waals surface area contributed by atoms with Crippen molar-refractivity contribution in [3.05, 3.63) is 28.7 Å². The van der Waals surface area contributed by atoms with Gasteiger partial charge in [0.2, 0.25) is 5.91 Å². The summed E-state index contributed by atoms with van der Waals surface area (Å²) in [6, 6.07) is 3.31. The monoisotopic (exact) mass is 379 g/mol. The lowest BCUT2D eigenvalue weighted by molar-refractivity contribution is -0.146. The second kappa shape index (κ2) is 8.94. The minimum absolute atomic E-state index is 0.0923. The molecule has 0 aliphatic carbocycles. The van der Waals surface area contributed by atoms with Crippen molar-refractivity contribution < 1.29 is 19.4 Å². The van der Waals surface area contributed by atoms with Gasteiger partial charge in [-0.3, -0.25) is 4.79 Å². The van der Waals surface area contributed by atoms with E-state index >= 15 is 0 Å². The summed E-state index contributed by atoms with van der Waals surface area (Å²) in [6.45, 7) is 7.86. The zero-order valence-corrected chi connectivity index (χ0v) is 16.8. The van der Waals surface area contributed by atoms with Crippen LogP contribution in [0.1, 0.15) is 39.7 Å². The summed E-state index contributed by atoms with van der Waals surface area (Å²) in [7, 11) is 2.94. The fraction of sp³-hybridized carbons (Fsp3) is 0.579. The number of hydrogen-bond acceptors (Lipinski definition) is 7. The molecule has 8 heteroatoms. The Morgan fingerprint density at radius 1 is 1.26 bits per heavy atom. The number of benzene rings is 1. The summed E-state index contributed by atoms with van der Waals surface area (Å²) in [5, 5.41) is 18.2. The van der Waals surface area contributed by atoms with Gasteiger partial charge in [-0.05, 0) is 48.7 Å². The lowest BCUT2D eigenvalue weighted by Gasteiger charge is -2.35. The van der Waals surface area contributed by atoms with Crippen molar-refractivity contribution in [3.63, 3.8) is 0 Å². The molecule has 0 saturated heterocycles. The second-order valence-corrected chi connectivity index (χ2v) is 7.99. The van der Waals surface area contributed by atoms with E-state index < -0.39 is 17.6 Å². The van der Waals surface area contributed by atoms with E-state index in [1.54, 1.807) is 20.0 Å². The Kier molecular flexibility index (Phi) is 7.47. The lowest BCUT2D eigenvalue weighted by Crippen LogP contribution is -2.58. The predicted octanol–water partition coefficient (Wildman–Crippen LogP) is 2.40. The molecule has 150 valence electrons. The highest BCUT2D eigenvalue weighted by atomic mass is 16.5. The van der Waals surface area contributed by atoms with Crippen molar-refractivity contribution in [1.82, 2.24) is 10.6 Å². The molecule has 0 radical (unpaired) electrons. The largest absolute Gasteiger partial charge is 0.506 e. The summed E-state index contributed by atoms with van der Waals surface area (Å²) in [4.78, 5) is 35.6. The molecule has 2 atom stereocenters. The van der Waals surface area contributed by atoms with Crippen LogP contribution in [0.3, 0.4) is 0 Å². The summed E-state index contributed by atoms with van der Waals surface area (Å²) in [6.07, 6.45) is 0.650. The average Bonchev–Trinajstić information content (AvgIpc) is 2.58. The van der Waals surface area contributed by atoms with Crippen LogP contribution in [-0.4, -0.2) is 42.7 Å². The molecular weight excluding hydrogens is 350 g/mol. The average molecular weight is 379 g/mol. The van der Waals surface area contributed by atoms with Crippen molar-refractivity contribution in [2.75, 3.05) is 14.2 Å². The van der Waals surface area contributed by atoms with E-state index in [1.807, 2.05) is 20.8 Å². The Bertz CT molecular complexity index is 699. The highest BCUT2D eigenvalue weighted by Crippen LogP contribution is 2.28. The predicted molar refractivity (Wildman–Crippen MR) is 103 cm³/mol. The third-order valence-corrected chi connectivity index (χ3v) is 4.31. The number of ether oxygens (including phenoxy) is 1. The van der Waals surface area contributed by atoms with E-state index in [0.717, 1.165) is 0 Å². The van der Waals surface area contributed by atoms with Crippen LogP contribution in [0.5, 0.6) is 5.75 Å². The number of nitroso groups, excluding NO2 is 1. The van der Waals surface area contributed by atoms with Gasteiger partial charge in [-0.25, -0.2) is 4.79 Å². The number of methoxy groups -OCH3 is 1. The van der Waals surface area contributed by atoms with Gasteiger partial charge in [0.05, 0.1) is 12.6 Å². The molecule has 0 fully saturated rings. The number of nitrogens with zero attached hydrogens (tertiary/aromatic N) is 1. The number of hydrogen-bond donors (Lipinski definition) is 3. The van der Waals surface area contributed by atoms with Gasteiger partial charge in [0.25, 0.3) is 0 Å². The van der Waals surface area contributed by atoms with Gasteiger partial charge in [0.15, 0.2) is 0 Å².